The topological polar surface area (TPSA) is 44.1 Å². The maximum absolute atomic E-state index is 11.3. The Morgan fingerprint density at radius 1 is 1.62 bits per heavy atom. The van der Waals surface area contributed by atoms with Gasteiger partial charge in [0, 0.05) is 6.54 Å². The molecule has 0 aromatic carbocycles. The molecule has 0 amide bonds. The van der Waals surface area contributed by atoms with Gasteiger partial charge < -0.3 is 4.74 Å². The van der Waals surface area contributed by atoms with Crippen molar-refractivity contribution in [1.82, 2.24) is 9.78 Å². The number of carbonyl (C=O) groups excluding carboxylic acids is 1. The number of rotatable bonds is 1. The van der Waals surface area contributed by atoms with Crippen molar-refractivity contribution >= 4 is 5.97 Å². The zero-order valence-corrected chi connectivity index (χ0v) is 7.62. The van der Waals surface area contributed by atoms with Gasteiger partial charge in [0.25, 0.3) is 0 Å². The Bertz CT molecular complexity index is 330. The van der Waals surface area contributed by atoms with Crippen LogP contribution in [-0.2, 0) is 17.7 Å². The molecule has 0 saturated heterocycles. The fourth-order valence-corrected chi connectivity index (χ4v) is 1.70. The van der Waals surface area contributed by atoms with E-state index >= 15 is 0 Å². The molecular formula is C9H12N2O2. The summed E-state index contributed by atoms with van der Waals surface area (Å²) in [7, 11) is 1.40. The molecule has 0 spiro atoms. The second-order valence-corrected chi connectivity index (χ2v) is 3.18. The molecule has 2 heterocycles. The van der Waals surface area contributed by atoms with Crippen LogP contribution in [-0.4, -0.2) is 22.9 Å². The smallest absolute Gasteiger partial charge is 0.341 e. The van der Waals surface area contributed by atoms with Crippen LogP contribution in [0.25, 0.3) is 0 Å². The lowest BCUT2D eigenvalue weighted by Gasteiger charge is -2.13. The number of esters is 1. The van der Waals surface area contributed by atoms with E-state index in [2.05, 4.69) is 9.84 Å². The average Bonchev–Trinajstić information content (AvgIpc) is 2.60. The van der Waals surface area contributed by atoms with E-state index in [0.717, 1.165) is 31.5 Å². The Hall–Kier alpha value is -1.32. The normalized spacial score (nSPS) is 15.2. The van der Waals surface area contributed by atoms with Gasteiger partial charge in [-0.05, 0) is 19.3 Å². The van der Waals surface area contributed by atoms with Gasteiger partial charge in [0.1, 0.15) is 5.56 Å². The fourth-order valence-electron chi connectivity index (χ4n) is 1.70. The van der Waals surface area contributed by atoms with Crippen molar-refractivity contribution in [1.29, 1.82) is 0 Å². The summed E-state index contributed by atoms with van der Waals surface area (Å²) in [5, 5.41) is 4.14. The van der Waals surface area contributed by atoms with Gasteiger partial charge in [0.2, 0.25) is 0 Å². The first-order chi connectivity index (χ1) is 6.33. The van der Waals surface area contributed by atoms with Gasteiger partial charge in [0.15, 0.2) is 0 Å². The first-order valence-electron chi connectivity index (χ1n) is 4.46. The third kappa shape index (κ3) is 1.32. The molecular weight excluding hydrogens is 168 g/mol. The van der Waals surface area contributed by atoms with Gasteiger partial charge in [-0.3, -0.25) is 4.68 Å². The van der Waals surface area contributed by atoms with E-state index in [1.54, 1.807) is 6.20 Å². The third-order valence-corrected chi connectivity index (χ3v) is 2.39. The summed E-state index contributed by atoms with van der Waals surface area (Å²) in [6.45, 7) is 0.923. The molecule has 4 nitrogen and oxygen atoms in total. The first kappa shape index (κ1) is 8.29. The number of ether oxygens (including phenoxy) is 1. The summed E-state index contributed by atoms with van der Waals surface area (Å²) < 4.78 is 6.57. The largest absolute Gasteiger partial charge is 0.465 e. The van der Waals surface area contributed by atoms with Crippen LogP contribution in [0.2, 0.25) is 0 Å². The first-order valence-corrected chi connectivity index (χ1v) is 4.46. The maximum Gasteiger partial charge on any atom is 0.341 e. The summed E-state index contributed by atoms with van der Waals surface area (Å²) >= 11 is 0. The Balaban J connectivity index is 2.36. The lowest BCUT2D eigenvalue weighted by molar-refractivity contribution is 0.0599. The van der Waals surface area contributed by atoms with Crippen molar-refractivity contribution in [3.8, 4) is 0 Å². The molecule has 4 heteroatoms. The van der Waals surface area contributed by atoms with Crippen LogP contribution >= 0.6 is 0 Å². The van der Waals surface area contributed by atoms with Gasteiger partial charge in [0.05, 0.1) is 19.0 Å². The third-order valence-electron chi connectivity index (χ3n) is 2.39. The van der Waals surface area contributed by atoms with E-state index in [0.29, 0.717) is 5.56 Å². The van der Waals surface area contributed by atoms with Crippen molar-refractivity contribution in [3.05, 3.63) is 17.5 Å². The maximum atomic E-state index is 11.3. The number of methoxy groups -OCH3 is 1. The molecule has 0 bridgehead atoms. The van der Waals surface area contributed by atoms with Crippen LogP contribution in [0.1, 0.15) is 28.9 Å². The standard InChI is InChI=1S/C9H12N2O2/c1-13-9(12)7-6-10-11-5-3-2-4-8(7)11/h6H,2-5H2,1H3. The number of nitrogens with zero attached hydrogens (tertiary/aromatic N) is 2. The minimum atomic E-state index is -0.275. The van der Waals surface area contributed by atoms with Crippen molar-refractivity contribution in [2.45, 2.75) is 25.8 Å². The lowest BCUT2D eigenvalue weighted by atomic mass is 10.1. The molecule has 0 N–H and O–H groups in total. The summed E-state index contributed by atoms with van der Waals surface area (Å²) in [4.78, 5) is 11.3. The number of fused-ring (bicyclic) bond motifs is 1. The summed E-state index contributed by atoms with van der Waals surface area (Å²) in [5.74, 6) is -0.275. The summed E-state index contributed by atoms with van der Waals surface area (Å²) in [5.41, 5.74) is 1.65. The van der Waals surface area contributed by atoms with Gasteiger partial charge in [-0.2, -0.15) is 5.10 Å². The molecule has 70 valence electrons. The molecule has 0 unspecified atom stereocenters. The Kier molecular flexibility index (Phi) is 2.04. The van der Waals surface area contributed by atoms with E-state index < -0.39 is 0 Å². The fraction of sp³-hybridized carbons (Fsp3) is 0.556. The second-order valence-electron chi connectivity index (χ2n) is 3.18. The van der Waals surface area contributed by atoms with E-state index in [-0.39, 0.29) is 5.97 Å². The van der Waals surface area contributed by atoms with Gasteiger partial charge in [-0.25, -0.2) is 4.79 Å². The number of hydrogen-bond acceptors (Lipinski definition) is 3. The quantitative estimate of drug-likeness (QED) is 0.606. The highest BCUT2D eigenvalue weighted by atomic mass is 16.5. The van der Waals surface area contributed by atoms with E-state index in [9.17, 15) is 4.79 Å². The predicted molar refractivity (Wildman–Crippen MR) is 46.5 cm³/mol. The van der Waals surface area contributed by atoms with Crippen LogP contribution < -0.4 is 0 Å². The Labute approximate surface area is 76.5 Å². The highest BCUT2D eigenvalue weighted by molar-refractivity contribution is 5.90. The van der Waals surface area contributed by atoms with Crippen LogP contribution in [0.5, 0.6) is 0 Å². The van der Waals surface area contributed by atoms with Crippen LogP contribution in [0, 0.1) is 0 Å². The molecule has 0 aliphatic carbocycles. The molecule has 0 saturated carbocycles. The SMILES string of the molecule is COC(=O)c1cnn2c1CCCC2. The molecule has 0 atom stereocenters. The molecule has 0 radical (unpaired) electrons. The monoisotopic (exact) mass is 180 g/mol. The van der Waals surface area contributed by atoms with Gasteiger partial charge >= 0.3 is 5.97 Å². The van der Waals surface area contributed by atoms with Crippen molar-refractivity contribution in [3.63, 3.8) is 0 Å². The van der Waals surface area contributed by atoms with Crippen molar-refractivity contribution in [2.24, 2.45) is 0 Å². The van der Waals surface area contributed by atoms with Crippen LogP contribution in [0.4, 0.5) is 0 Å². The molecule has 1 aliphatic rings. The molecule has 1 aromatic rings. The zero-order valence-electron chi connectivity index (χ0n) is 7.62. The number of carbonyl (C=O) groups is 1. The predicted octanol–water partition coefficient (Wildman–Crippen LogP) is 1.01. The minimum absolute atomic E-state index is 0.275. The minimum Gasteiger partial charge on any atom is -0.465 e. The second kappa shape index (κ2) is 3.20. The zero-order chi connectivity index (χ0) is 9.26. The van der Waals surface area contributed by atoms with Gasteiger partial charge in [-0.15, -0.1) is 0 Å². The van der Waals surface area contributed by atoms with Crippen LogP contribution in [0.3, 0.4) is 0 Å². The average molecular weight is 180 g/mol. The van der Waals surface area contributed by atoms with E-state index in [1.165, 1.54) is 7.11 Å². The number of hydrogen-bond donors (Lipinski definition) is 0. The Morgan fingerprint density at radius 2 is 2.46 bits per heavy atom. The van der Waals surface area contributed by atoms with E-state index in [4.69, 9.17) is 0 Å². The summed E-state index contributed by atoms with van der Waals surface area (Å²) in [6, 6.07) is 0. The van der Waals surface area contributed by atoms with Crippen molar-refractivity contribution < 1.29 is 9.53 Å². The number of aryl methyl sites for hydroxylation is 1. The molecule has 0 fully saturated rings. The number of aromatic nitrogens is 2. The summed E-state index contributed by atoms with van der Waals surface area (Å²) in [6.07, 6.45) is 4.82. The van der Waals surface area contributed by atoms with Crippen molar-refractivity contribution in [2.75, 3.05) is 7.11 Å². The molecule has 13 heavy (non-hydrogen) atoms. The van der Waals surface area contributed by atoms with Gasteiger partial charge in [-0.1, -0.05) is 0 Å². The van der Waals surface area contributed by atoms with Crippen LogP contribution in [0.15, 0.2) is 6.20 Å². The molecule has 2 rings (SSSR count). The van der Waals surface area contributed by atoms with E-state index in [1.807, 2.05) is 4.68 Å². The highest BCUT2D eigenvalue weighted by Gasteiger charge is 2.19. The molecule has 1 aromatic heterocycles. The molecule has 1 aliphatic heterocycles. The highest BCUT2D eigenvalue weighted by Crippen LogP contribution is 2.18. The Morgan fingerprint density at radius 3 is 3.23 bits per heavy atom. The lowest BCUT2D eigenvalue weighted by Crippen LogP contribution is -2.14.